The van der Waals surface area contributed by atoms with Crippen LogP contribution in [-0.2, 0) is 4.74 Å². The fourth-order valence-electron chi connectivity index (χ4n) is 2.35. The van der Waals surface area contributed by atoms with Crippen molar-refractivity contribution in [3.8, 4) is 0 Å². The van der Waals surface area contributed by atoms with E-state index in [4.69, 9.17) is 15.7 Å². The lowest BCUT2D eigenvalue weighted by Crippen LogP contribution is -2.39. The summed E-state index contributed by atoms with van der Waals surface area (Å²) in [7, 11) is 0. The number of piperidine rings is 1. The van der Waals surface area contributed by atoms with Crippen molar-refractivity contribution >= 4 is 11.5 Å². The number of rotatable bonds is 4. The Bertz CT molecular complexity index is 448. The van der Waals surface area contributed by atoms with Crippen molar-refractivity contribution in [2.45, 2.75) is 25.9 Å². The third-order valence-corrected chi connectivity index (χ3v) is 3.26. The van der Waals surface area contributed by atoms with Crippen LogP contribution in [0.15, 0.2) is 23.5 Å². The number of hydrogen-bond donors (Lipinski definition) is 2. The summed E-state index contributed by atoms with van der Waals surface area (Å²) in [6.07, 6.45) is 4.15. The summed E-state index contributed by atoms with van der Waals surface area (Å²) in [4.78, 5) is 6.34. The van der Waals surface area contributed by atoms with Gasteiger partial charge in [0, 0.05) is 31.6 Å². The summed E-state index contributed by atoms with van der Waals surface area (Å²) in [6, 6.07) is 3.77. The first kappa shape index (κ1) is 13.6. The number of aromatic nitrogens is 1. The summed E-state index contributed by atoms with van der Waals surface area (Å²) in [5, 5.41) is 11.7. The van der Waals surface area contributed by atoms with E-state index in [1.54, 1.807) is 6.20 Å². The first-order valence-corrected chi connectivity index (χ1v) is 6.55. The highest BCUT2D eigenvalue weighted by Gasteiger charge is 2.20. The van der Waals surface area contributed by atoms with E-state index >= 15 is 0 Å². The first-order valence-electron chi connectivity index (χ1n) is 6.55. The lowest BCUT2D eigenvalue weighted by atomic mass is 10.1. The van der Waals surface area contributed by atoms with Crippen LogP contribution in [0.3, 0.4) is 0 Å². The van der Waals surface area contributed by atoms with Crippen molar-refractivity contribution in [2.75, 3.05) is 24.6 Å². The van der Waals surface area contributed by atoms with Gasteiger partial charge in [0.1, 0.15) is 5.69 Å². The van der Waals surface area contributed by atoms with Gasteiger partial charge in [-0.3, -0.25) is 4.98 Å². The number of oxime groups is 1. The van der Waals surface area contributed by atoms with Crippen molar-refractivity contribution in [3.63, 3.8) is 0 Å². The van der Waals surface area contributed by atoms with Gasteiger partial charge in [0.25, 0.3) is 0 Å². The third-order valence-electron chi connectivity index (χ3n) is 3.26. The number of anilines is 1. The predicted molar refractivity (Wildman–Crippen MR) is 73.6 cm³/mol. The molecule has 1 unspecified atom stereocenters. The normalized spacial score (nSPS) is 20.6. The molecule has 1 saturated heterocycles. The topological polar surface area (TPSA) is 84.0 Å². The summed E-state index contributed by atoms with van der Waals surface area (Å²) < 4.78 is 5.69. The van der Waals surface area contributed by atoms with E-state index in [9.17, 15) is 0 Å². The van der Waals surface area contributed by atoms with Crippen LogP contribution in [0, 0.1) is 0 Å². The van der Waals surface area contributed by atoms with E-state index in [0.717, 1.165) is 38.2 Å². The van der Waals surface area contributed by atoms with Gasteiger partial charge in [-0.15, -0.1) is 0 Å². The Balaban J connectivity index is 2.12. The molecule has 1 aliphatic rings. The highest BCUT2D eigenvalue weighted by atomic mass is 16.5. The van der Waals surface area contributed by atoms with Gasteiger partial charge in [-0.25, -0.2) is 0 Å². The van der Waals surface area contributed by atoms with Gasteiger partial charge in [0.05, 0.1) is 6.10 Å². The van der Waals surface area contributed by atoms with Gasteiger partial charge in [-0.1, -0.05) is 5.16 Å². The van der Waals surface area contributed by atoms with Crippen molar-refractivity contribution in [1.82, 2.24) is 4.98 Å². The van der Waals surface area contributed by atoms with Crippen LogP contribution in [0.5, 0.6) is 0 Å². The molecule has 0 aliphatic carbocycles. The van der Waals surface area contributed by atoms with Crippen LogP contribution in [0.1, 0.15) is 25.5 Å². The summed E-state index contributed by atoms with van der Waals surface area (Å²) in [5.41, 5.74) is 7.08. The monoisotopic (exact) mass is 264 g/mol. The van der Waals surface area contributed by atoms with Gasteiger partial charge in [0.15, 0.2) is 5.84 Å². The second-order valence-electron chi connectivity index (χ2n) is 4.55. The molecule has 1 aromatic rings. The molecular formula is C13H20N4O2. The number of nitrogens with two attached hydrogens (primary N) is 1. The maximum atomic E-state index is 8.69. The molecule has 2 rings (SSSR count). The van der Waals surface area contributed by atoms with Crippen molar-refractivity contribution in [2.24, 2.45) is 10.9 Å². The molecule has 19 heavy (non-hydrogen) atoms. The number of hydrogen-bond acceptors (Lipinski definition) is 5. The zero-order valence-electron chi connectivity index (χ0n) is 11.1. The Morgan fingerprint density at radius 1 is 1.68 bits per heavy atom. The average Bonchev–Trinajstić information content (AvgIpc) is 2.47. The number of ether oxygens (including phenoxy) is 1. The summed E-state index contributed by atoms with van der Waals surface area (Å²) in [5.74, 6) is 0.0280. The number of nitrogens with zero attached hydrogens (tertiary/aromatic N) is 3. The van der Waals surface area contributed by atoms with Crippen LogP contribution >= 0.6 is 0 Å². The van der Waals surface area contributed by atoms with Gasteiger partial charge in [-0.2, -0.15) is 0 Å². The largest absolute Gasteiger partial charge is 0.409 e. The van der Waals surface area contributed by atoms with Crippen molar-refractivity contribution < 1.29 is 9.94 Å². The molecule has 3 N–H and O–H groups in total. The number of amidine groups is 1. The fourth-order valence-corrected chi connectivity index (χ4v) is 2.35. The van der Waals surface area contributed by atoms with E-state index in [2.05, 4.69) is 15.0 Å². The molecule has 1 aliphatic heterocycles. The number of pyridine rings is 1. The first-order chi connectivity index (χ1) is 9.24. The maximum Gasteiger partial charge on any atom is 0.188 e. The Labute approximate surface area is 112 Å². The van der Waals surface area contributed by atoms with E-state index in [1.165, 1.54) is 0 Å². The Kier molecular flexibility index (Phi) is 4.57. The molecule has 104 valence electrons. The van der Waals surface area contributed by atoms with Crippen LogP contribution in [0.4, 0.5) is 5.69 Å². The lowest BCUT2D eigenvalue weighted by Gasteiger charge is -2.34. The van der Waals surface area contributed by atoms with Gasteiger partial charge in [0.2, 0.25) is 0 Å². The molecule has 6 heteroatoms. The fraction of sp³-hybridized carbons (Fsp3) is 0.538. The predicted octanol–water partition coefficient (Wildman–Crippen LogP) is 1.18. The quantitative estimate of drug-likeness (QED) is 0.369. The van der Waals surface area contributed by atoms with Crippen molar-refractivity contribution in [1.29, 1.82) is 0 Å². The minimum atomic E-state index is 0.0280. The van der Waals surface area contributed by atoms with E-state index in [-0.39, 0.29) is 11.9 Å². The minimum absolute atomic E-state index is 0.0280. The Hall–Kier alpha value is -1.82. The molecule has 0 spiro atoms. The SMILES string of the molecule is CCOC1CCCN(c2ccnc(C(N)=NO)c2)C1. The second kappa shape index (κ2) is 6.38. The summed E-state index contributed by atoms with van der Waals surface area (Å²) >= 11 is 0. The van der Waals surface area contributed by atoms with Crippen LogP contribution in [0.2, 0.25) is 0 Å². The zero-order chi connectivity index (χ0) is 13.7. The molecule has 0 aromatic carbocycles. The summed E-state index contributed by atoms with van der Waals surface area (Å²) in [6.45, 7) is 4.61. The van der Waals surface area contributed by atoms with Crippen LogP contribution in [0.25, 0.3) is 0 Å². The van der Waals surface area contributed by atoms with E-state index < -0.39 is 0 Å². The van der Waals surface area contributed by atoms with Gasteiger partial charge < -0.3 is 20.6 Å². The Morgan fingerprint density at radius 3 is 3.26 bits per heavy atom. The van der Waals surface area contributed by atoms with E-state index in [0.29, 0.717) is 5.69 Å². The van der Waals surface area contributed by atoms with Crippen LogP contribution < -0.4 is 10.6 Å². The molecule has 1 atom stereocenters. The molecule has 0 amide bonds. The van der Waals surface area contributed by atoms with E-state index in [1.807, 2.05) is 19.1 Å². The third kappa shape index (κ3) is 3.35. The smallest absolute Gasteiger partial charge is 0.188 e. The maximum absolute atomic E-state index is 8.69. The molecule has 0 saturated carbocycles. The molecule has 0 bridgehead atoms. The molecular weight excluding hydrogens is 244 g/mol. The molecule has 0 radical (unpaired) electrons. The second-order valence-corrected chi connectivity index (χ2v) is 4.55. The Morgan fingerprint density at radius 2 is 2.53 bits per heavy atom. The minimum Gasteiger partial charge on any atom is -0.409 e. The zero-order valence-corrected chi connectivity index (χ0v) is 11.1. The molecule has 2 heterocycles. The van der Waals surface area contributed by atoms with Crippen LogP contribution in [-0.4, -0.2) is 41.8 Å². The molecule has 6 nitrogen and oxygen atoms in total. The van der Waals surface area contributed by atoms with Crippen molar-refractivity contribution in [3.05, 3.63) is 24.0 Å². The standard InChI is InChI=1S/C13H20N4O2/c1-2-19-11-4-3-7-17(9-11)10-5-6-15-12(8-10)13(14)16-18/h5-6,8,11,18H,2-4,7,9H2,1H3,(H2,14,16). The highest BCUT2D eigenvalue weighted by Crippen LogP contribution is 2.21. The average molecular weight is 264 g/mol. The van der Waals surface area contributed by atoms with Gasteiger partial charge in [-0.05, 0) is 31.9 Å². The highest BCUT2D eigenvalue weighted by molar-refractivity contribution is 5.95. The lowest BCUT2D eigenvalue weighted by molar-refractivity contribution is 0.0526. The molecule has 1 aromatic heterocycles. The molecule has 1 fully saturated rings. The van der Waals surface area contributed by atoms with Gasteiger partial charge >= 0.3 is 0 Å².